The molecule has 2 aromatic carbocycles. The predicted octanol–water partition coefficient (Wildman–Crippen LogP) is 3.87. The van der Waals surface area contributed by atoms with E-state index in [1.165, 1.54) is 12.1 Å². The molecule has 0 unspecified atom stereocenters. The van der Waals surface area contributed by atoms with Gasteiger partial charge in [-0.15, -0.1) is 0 Å². The van der Waals surface area contributed by atoms with Crippen LogP contribution in [0.25, 0.3) is 0 Å². The molecule has 25 heavy (non-hydrogen) atoms. The number of hydrogen-bond acceptors (Lipinski definition) is 2. The summed E-state index contributed by atoms with van der Waals surface area (Å²) in [6.45, 7) is 2.40. The van der Waals surface area contributed by atoms with Gasteiger partial charge in [-0.2, -0.15) is 13.2 Å². The molecule has 130 valence electrons. The number of benzene rings is 2. The molecule has 1 N–H and O–H groups in total. The molecule has 1 aliphatic heterocycles. The highest BCUT2D eigenvalue weighted by Gasteiger charge is 2.35. The van der Waals surface area contributed by atoms with Crippen molar-refractivity contribution < 1.29 is 22.8 Å². The van der Waals surface area contributed by atoms with Crippen molar-refractivity contribution in [1.82, 2.24) is 0 Å². The summed E-state index contributed by atoms with van der Waals surface area (Å²) in [6, 6.07) is 9.51. The minimum absolute atomic E-state index is 0.0385. The summed E-state index contributed by atoms with van der Waals surface area (Å²) in [4.78, 5) is 25.8. The van der Waals surface area contributed by atoms with Crippen molar-refractivity contribution in [1.29, 1.82) is 0 Å². The number of nitrogens with one attached hydrogen (secondary N) is 1. The third-order valence-electron chi connectivity index (χ3n) is 4.06. The van der Waals surface area contributed by atoms with Crippen LogP contribution in [-0.2, 0) is 17.4 Å². The van der Waals surface area contributed by atoms with Gasteiger partial charge in [-0.25, -0.2) is 0 Å². The van der Waals surface area contributed by atoms with Gasteiger partial charge in [-0.3, -0.25) is 9.59 Å². The number of hydrogen-bond donors (Lipinski definition) is 1. The van der Waals surface area contributed by atoms with E-state index < -0.39 is 23.2 Å². The van der Waals surface area contributed by atoms with E-state index >= 15 is 0 Å². The lowest BCUT2D eigenvalue weighted by Crippen LogP contribution is -2.25. The number of amides is 2. The smallest absolute Gasteiger partial charge is 0.322 e. The second-order valence-electron chi connectivity index (χ2n) is 5.66. The quantitative estimate of drug-likeness (QED) is 0.915. The topological polar surface area (TPSA) is 49.4 Å². The summed E-state index contributed by atoms with van der Waals surface area (Å²) in [6.07, 6.45) is -4.40. The van der Waals surface area contributed by atoms with Crippen LogP contribution < -0.4 is 10.2 Å². The van der Waals surface area contributed by atoms with E-state index in [1.807, 2.05) is 6.92 Å². The number of rotatable bonds is 3. The number of likely N-dealkylation sites (N-methyl/N-ethyl adjacent to an activating group) is 1. The molecule has 0 radical (unpaired) electrons. The minimum atomic E-state index is -4.61. The molecular formula is C18H15F3N2O2. The number of anilines is 2. The SMILES string of the molecule is CCN1C(=O)Cc2cc(NC(=O)c3ccccc3C(F)(F)F)ccc21. The van der Waals surface area contributed by atoms with Crippen molar-refractivity contribution in [3.05, 3.63) is 59.2 Å². The Balaban J connectivity index is 1.87. The lowest BCUT2D eigenvalue weighted by Gasteiger charge is -2.15. The average Bonchev–Trinajstić information content (AvgIpc) is 2.88. The van der Waals surface area contributed by atoms with Gasteiger partial charge in [-0.1, -0.05) is 12.1 Å². The van der Waals surface area contributed by atoms with E-state index in [9.17, 15) is 22.8 Å². The van der Waals surface area contributed by atoms with E-state index in [1.54, 1.807) is 23.1 Å². The van der Waals surface area contributed by atoms with Gasteiger partial charge in [0.25, 0.3) is 5.91 Å². The van der Waals surface area contributed by atoms with Crippen molar-refractivity contribution in [3.8, 4) is 0 Å². The summed E-state index contributed by atoms with van der Waals surface area (Å²) >= 11 is 0. The summed E-state index contributed by atoms with van der Waals surface area (Å²) in [5.74, 6) is -0.882. The van der Waals surface area contributed by atoms with Crippen LogP contribution in [0.3, 0.4) is 0 Å². The fourth-order valence-corrected chi connectivity index (χ4v) is 2.93. The lowest BCUT2D eigenvalue weighted by molar-refractivity contribution is -0.137. The maximum atomic E-state index is 13.0. The van der Waals surface area contributed by atoms with Crippen molar-refractivity contribution in [2.24, 2.45) is 0 Å². The zero-order valence-corrected chi connectivity index (χ0v) is 13.4. The van der Waals surface area contributed by atoms with Gasteiger partial charge in [0.1, 0.15) is 0 Å². The summed E-state index contributed by atoms with van der Waals surface area (Å²) in [5, 5.41) is 2.48. The second-order valence-corrected chi connectivity index (χ2v) is 5.66. The van der Waals surface area contributed by atoms with Gasteiger partial charge in [0.15, 0.2) is 0 Å². The fraction of sp³-hybridized carbons (Fsp3) is 0.222. The van der Waals surface area contributed by atoms with Crippen LogP contribution in [0, 0.1) is 0 Å². The molecule has 2 amide bonds. The molecule has 4 nitrogen and oxygen atoms in total. The number of alkyl halides is 3. The Morgan fingerprint density at radius 2 is 1.92 bits per heavy atom. The molecule has 0 atom stereocenters. The first-order chi connectivity index (χ1) is 11.8. The van der Waals surface area contributed by atoms with Crippen molar-refractivity contribution >= 4 is 23.2 Å². The molecule has 2 aromatic rings. The van der Waals surface area contributed by atoms with Crippen molar-refractivity contribution in [2.45, 2.75) is 19.5 Å². The van der Waals surface area contributed by atoms with E-state index in [4.69, 9.17) is 0 Å². The van der Waals surface area contributed by atoms with Crippen LogP contribution in [0.15, 0.2) is 42.5 Å². The molecular weight excluding hydrogens is 333 g/mol. The van der Waals surface area contributed by atoms with Gasteiger partial charge < -0.3 is 10.2 Å². The van der Waals surface area contributed by atoms with Gasteiger partial charge in [0.05, 0.1) is 17.5 Å². The van der Waals surface area contributed by atoms with Crippen molar-refractivity contribution in [3.63, 3.8) is 0 Å². The number of nitrogens with zero attached hydrogens (tertiary/aromatic N) is 1. The Morgan fingerprint density at radius 3 is 2.60 bits per heavy atom. The van der Waals surface area contributed by atoms with Crippen LogP contribution in [0.4, 0.5) is 24.5 Å². The van der Waals surface area contributed by atoms with Gasteiger partial charge in [-0.05, 0) is 42.8 Å². The maximum absolute atomic E-state index is 13.0. The molecule has 0 saturated carbocycles. The van der Waals surface area contributed by atoms with E-state index in [2.05, 4.69) is 5.32 Å². The average molecular weight is 348 g/mol. The molecule has 0 bridgehead atoms. The zero-order valence-electron chi connectivity index (χ0n) is 13.4. The van der Waals surface area contributed by atoms with Crippen LogP contribution in [-0.4, -0.2) is 18.4 Å². The molecule has 1 heterocycles. The molecule has 0 spiro atoms. The van der Waals surface area contributed by atoms with Gasteiger partial charge >= 0.3 is 6.18 Å². The summed E-state index contributed by atoms with van der Waals surface area (Å²) in [7, 11) is 0. The Labute approximate surface area is 142 Å². The largest absolute Gasteiger partial charge is 0.417 e. The third kappa shape index (κ3) is 3.22. The minimum Gasteiger partial charge on any atom is -0.322 e. The highest BCUT2D eigenvalue weighted by atomic mass is 19.4. The van der Waals surface area contributed by atoms with Crippen LogP contribution in [0.2, 0.25) is 0 Å². The number of carbonyl (C=O) groups is 2. The van der Waals surface area contributed by atoms with E-state index in [0.29, 0.717) is 12.2 Å². The molecule has 0 saturated heterocycles. The first kappa shape index (κ1) is 17.0. The van der Waals surface area contributed by atoms with E-state index in [-0.39, 0.29) is 12.3 Å². The Morgan fingerprint density at radius 1 is 1.20 bits per heavy atom. The second kappa shape index (κ2) is 6.23. The van der Waals surface area contributed by atoms with Gasteiger partial charge in [0, 0.05) is 17.9 Å². The normalized spacial score (nSPS) is 13.8. The van der Waals surface area contributed by atoms with Crippen molar-refractivity contribution in [2.75, 3.05) is 16.8 Å². The zero-order chi connectivity index (χ0) is 18.2. The number of fused-ring (bicyclic) bond motifs is 1. The standard InChI is InChI=1S/C18H15F3N2O2/c1-2-23-15-8-7-12(9-11(15)10-16(23)24)22-17(25)13-5-3-4-6-14(13)18(19,20)21/h3-9H,2,10H2,1H3,(H,22,25). The maximum Gasteiger partial charge on any atom is 0.417 e. The number of halogens is 3. The summed E-state index contributed by atoms with van der Waals surface area (Å²) < 4.78 is 39.1. The van der Waals surface area contributed by atoms with E-state index in [0.717, 1.165) is 23.4 Å². The fourth-order valence-electron chi connectivity index (χ4n) is 2.93. The van der Waals surface area contributed by atoms with Crippen LogP contribution >= 0.6 is 0 Å². The molecule has 0 aromatic heterocycles. The highest BCUT2D eigenvalue weighted by Crippen LogP contribution is 2.33. The van der Waals surface area contributed by atoms with Crippen LogP contribution in [0.5, 0.6) is 0 Å². The monoisotopic (exact) mass is 348 g/mol. The first-order valence-electron chi connectivity index (χ1n) is 7.72. The van der Waals surface area contributed by atoms with Crippen LogP contribution in [0.1, 0.15) is 28.4 Å². The molecule has 1 aliphatic rings. The van der Waals surface area contributed by atoms with Gasteiger partial charge in [0.2, 0.25) is 5.91 Å². The number of carbonyl (C=O) groups excluding carboxylic acids is 2. The lowest BCUT2D eigenvalue weighted by atomic mass is 10.1. The Kier molecular flexibility index (Phi) is 4.24. The molecule has 0 fully saturated rings. The Hall–Kier alpha value is -2.83. The summed E-state index contributed by atoms with van der Waals surface area (Å²) in [5.41, 5.74) is 0.434. The Bertz CT molecular complexity index is 846. The first-order valence-corrected chi connectivity index (χ1v) is 7.72. The molecule has 0 aliphatic carbocycles. The molecule has 3 rings (SSSR count). The molecule has 7 heteroatoms. The highest BCUT2D eigenvalue weighted by molar-refractivity contribution is 6.06. The predicted molar refractivity (Wildman–Crippen MR) is 87.6 cm³/mol. The third-order valence-corrected chi connectivity index (χ3v) is 4.06.